The lowest BCUT2D eigenvalue weighted by atomic mass is 10.2. The van der Waals surface area contributed by atoms with E-state index >= 15 is 0 Å². The van der Waals surface area contributed by atoms with Crippen molar-refractivity contribution < 1.29 is 0 Å². The van der Waals surface area contributed by atoms with Gasteiger partial charge < -0.3 is 10.7 Å². The van der Waals surface area contributed by atoms with Crippen molar-refractivity contribution in [1.29, 1.82) is 0 Å². The van der Waals surface area contributed by atoms with Gasteiger partial charge in [-0.25, -0.2) is 15.0 Å². The number of nitrogens with one attached hydrogen (secondary N) is 1. The van der Waals surface area contributed by atoms with E-state index in [2.05, 4.69) is 26.0 Å². The van der Waals surface area contributed by atoms with Crippen molar-refractivity contribution in [2.45, 2.75) is 19.3 Å². The molecule has 0 bridgehead atoms. The first kappa shape index (κ1) is 10.0. The maximum atomic E-state index is 5.80. The lowest BCUT2D eigenvalue weighted by Gasteiger charge is -1.91. The highest BCUT2D eigenvalue weighted by atomic mass is 32.1. The van der Waals surface area contributed by atoms with Crippen LogP contribution in [0.2, 0.25) is 0 Å². The topological polar surface area (TPSA) is 80.5 Å². The summed E-state index contributed by atoms with van der Waals surface area (Å²) in [6.45, 7) is 0. The average molecular weight is 257 g/mol. The smallest absolute Gasteiger partial charge is 0.183 e. The minimum Gasteiger partial charge on any atom is -0.382 e. The second kappa shape index (κ2) is 3.52. The maximum absolute atomic E-state index is 5.80. The van der Waals surface area contributed by atoms with Crippen molar-refractivity contribution >= 4 is 28.3 Å². The van der Waals surface area contributed by atoms with E-state index in [0.29, 0.717) is 11.5 Å². The quantitative estimate of drug-likeness (QED) is 0.700. The number of imidazole rings is 1. The number of aromatic nitrogens is 4. The number of H-pyrrole nitrogens is 1. The van der Waals surface area contributed by atoms with E-state index in [1.165, 1.54) is 36.0 Å². The molecule has 0 atom stereocenters. The van der Waals surface area contributed by atoms with Crippen LogP contribution < -0.4 is 5.73 Å². The van der Waals surface area contributed by atoms with Gasteiger partial charge in [-0.2, -0.15) is 0 Å². The van der Waals surface area contributed by atoms with Gasteiger partial charge in [0.1, 0.15) is 11.8 Å². The fourth-order valence-electron chi connectivity index (χ4n) is 2.41. The predicted octanol–water partition coefficient (Wildman–Crippen LogP) is 2.15. The van der Waals surface area contributed by atoms with Crippen LogP contribution in [0.3, 0.4) is 0 Å². The second-order valence-corrected chi connectivity index (χ2v) is 5.59. The molecule has 3 aromatic heterocycles. The molecular formula is C12H11N5S. The molecule has 0 saturated heterocycles. The molecule has 0 fully saturated rings. The molecule has 0 amide bonds. The molecule has 0 aliphatic heterocycles. The van der Waals surface area contributed by atoms with Gasteiger partial charge in [0, 0.05) is 4.88 Å². The number of hydrogen-bond donors (Lipinski definition) is 2. The van der Waals surface area contributed by atoms with E-state index in [1.807, 2.05) is 11.3 Å². The summed E-state index contributed by atoms with van der Waals surface area (Å²) in [5.41, 5.74) is 8.62. The number of rotatable bonds is 1. The Kier molecular flexibility index (Phi) is 1.96. The standard InChI is InChI=1S/C12H11N5S/c13-10-9-12(15-5-14-10)17-11(16-9)8-4-6-2-1-3-7(6)18-8/h4-5H,1-3H2,(H3,13,14,15,16,17). The minimum absolute atomic E-state index is 0.447. The van der Waals surface area contributed by atoms with Gasteiger partial charge in [-0.05, 0) is 30.9 Å². The highest BCUT2D eigenvalue weighted by Gasteiger charge is 2.18. The van der Waals surface area contributed by atoms with Gasteiger partial charge in [0.25, 0.3) is 0 Å². The van der Waals surface area contributed by atoms with E-state index < -0.39 is 0 Å². The summed E-state index contributed by atoms with van der Waals surface area (Å²) in [6, 6.07) is 2.23. The Morgan fingerprint density at radius 2 is 2.22 bits per heavy atom. The van der Waals surface area contributed by atoms with Gasteiger partial charge in [-0.1, -0.05) is 0 Å². The molecule has 90 valence electrons. The number of nitrogens with zero attached hydrogens (tertiary/aromatic N) is 3. The Morgan fingerprint density at radius 3 is 3.06 bits per heavy atom. The zero-order valence-corrected chi connectivity index (χ0v) is 10.4. The number of hydrogen-bond acceptors (Lipinski definition) is 5. The molecule has 0 radical (unpaired) electrons. The number of nitrogen functional groups attached to an aromatic ring is 1. The second-order valence-electron chi connectivity index (χ2n) is 4.46. The van der Waals surface area contributed by atoms with E-state index in [-0.39, 0.29) is 0 Å². The zero-order valence-electron chi connectivity index (χ0n) is 9.60. The summed E-state index contributed by atoms with van der Waals surface area (Å²) in [6.07, 6.45) is 5.10. The molecule has 3 heterocycles. The number of nitrogens with two attached hydrogens (primary N) is 1. The number of thiophene rings is 1. The molecule has 0 spiro atoms. The Hall–Kier alpha value is -1.95. The Balaban J connectivity index is 1.88. The van der Waals surface area contributed by atoms with Crippen LogP contribution in [0.15, 0.2) is 12.4 Å². The van der Waals surface area contributed by atoms with Crippen molar-refractivity contribution in [1.82, 2.24) is 19.9 Å². The van der Waals surface area contributed by atoms with Gasteiger partial charge >= 0.3 is 0 Å². The number of aryl methyl sites for hydroxylation is 2. The number of fused-ring (bicyclic) bond motifs is 2. The first-order valence-electron chi connectivity index (χ1n) is 5.89. The van der Waals surface area contributed by atoms with Crippen LogP contribution in [0.4, 0.5) is 5.82 Å². The third-order valence-corrected chi connectivity index (χ3v) is 4.54. The van der Waals surface area contributed by atoms with Crippen LogP contribution in [0.1, 0.15) is 16.9 Å². The van der Waals surface area contributed by atoms with E-state index in [4.69, 9.17) is 5.73 Å². The molecule has 4 rings (SSSR count). The summed E-state index contributed by atoms with van der Waals surface area (Å²) < 4.78 is 0. The van der Waals surface area contributed by atoms with Crippen LogP contribution in [0.25, 0.3) is 21.9 Å². The number of aromatic amines is 1. The Labute approximate surface area is 107 Å². The van der Waals surface area contributed by atoms with Gasteiger partial charge in [0.2, 0.25) is 0 Å². The summed E-state index contributed by atoms with van der Waals surface area (Å²) in [5, 5.41) is 0. The van der Waals surface area contributed by atoms with Crippen molar-refractivity contribution in [3.05, 3.63) is 22.8 Å². The Morgan fingerprint density at radius 1 is 1.28 bits per heavy atom. The fourth-order valence-corrected chi connectivity index (χ4v) is 3.61. The summed E-state index contributed by atoms with van der Waals surface area (Å²) in [5.74, 6) is 1.29. The van der Waals surface area contributed by atoms with Gasteiger partial charge in [-0.3, -0.25) is 0 Å². The largest absolute Gasteiger partial charge is 0.382 e. The van der Waals surface area contributed by atoms with Crippen LogP contribution in [-0.4, -0.2) is 19.9 Å². The lowest BCUT2D eigenvalue weighted by molar-refractivity contribution is 0.915. The van der Waals surface area contributed by atoms with E-state index in [9.17, 15) is 0 Å². The first-order valence-corrected chi connectivity index (χ1v) is 6.71. The summed E-state index contributed by atoms with van der Waals surface area (Å²) >= 11 is 1.81. The van der Waals surface area contributed by atoms with Crippen molar-refractivity contribution in [2.75, 3.05) is 5.73 Å². The van der Waals surface area contributed by atoms with Crippen LogP contribution in [-0.2, 0) is 12.8 Å². The highest BCUT2D eigenvalue weighted by Crippen LogP contribution is 2.36. The first-order chi connectivity index (χ1) is 8.81. The predicted molar refractivity (Wildman–Crippen MR) is 71.4 cm³/mol. The fraction of sp³-hybridized carbons (Fsp3) is 0.250. The third-order valence-electron chi connectivity index (χ3n) is 3.30. The normalized spacial score (nSPS) is 14.2. The molecule has 0 unspecified atom stereocenters. The van der Waals surface area contributed by atoms with Gasteiger partial charge in [-0.15, -0.1) is 11.3 Å². The summed E-state index contributed by atoms with van der Waals surface area (Å²) in [7, 11) is 0. The van der Waals surface area contributed by atoms with E-state index in [0.717, 1.165) is 16.2 Å². The third kappa shape index (κ3) is 1.35. The molecule has 3 N–H and O–H groups in total. The molecular weight excluding hydrogens is 246 g/mol. The van der Waals surface area contributed by atoms with Crippen LogP contribution in [0, 0.1) is 0 Å². The monoisotopic (exact) mass is 257 g/mol. The average Bonchev–Trinajstić information content (AvgIpc) is 3.01. The maximum Gasteiger partial charge on any atom is 0.183 e. The van der Waals surface area contributed by atoms with Gasteiger partial charge in [0.05, 0.1) is 4.88 Å². The van der Waals surface area contributed by atoms with Crippen molar-refractivity contribution in [3.8, 4) is 10.7 Å². The number of anilines is 1. The van der Waals surface area contributed by atoms with Crippen LogP contribution in [0.5, 0.6) is 0 Å². The van der Waals surface area contributed by atoms with E-state index in [1.54, 1.807) is 0 Å². The lowest BCUT2D eigenvalue weighted by Crippen LogP contribution is -1.91. The Bertz CT molecular complexity index is 721. The molecule has 1 aliphatic rings. The molecule has 3 aromatic rings. The molecule has 1 aliphatic carbocycles. The summed E-state index contributed by atoms with van der Waals surface area (Å²) in [4.78, 5) is 18.4. The SMILES string of the molecule is Nc1ncnc2nc(-c3cc4c(s3)CCC4)[nH]c12. The molecule has 5 nitrogen and oxygen atoms in total. The molecule has 18 heavy (non-hydrogen) atoms. The van der Waals surface area contributed by atoms with Gasteiger partial charge in [0.15, 0.2) is 17.3 Å². The molecule has 0 saturated carbocycles. The molecule has 0 aromatic carbocycles. The zero-order chi connectivity index (χ0) is 12.1. The van der Waals surface area contributed by atoms with Crippen LogP contribution >= 0.6 is 11.3 Å². The van der Waals surface area contributed by atoms with Crippen molar-refractivity contribution in [3.63, 3.8) is 0 Å². The van der Waals surface area contributed by atoms with Crippen molar-refractivity contribution in [2.24, 2.45) is 0 Å². The molecule has 6 heteroatoms. The minimum atomic E-state index is 0.447. The highest BCUT2D eigenvalue weighted by molar-refractivity contribution is 7.15.